The summed E-state index contributed by atoms with van der Waals surface area (Å²) in [6.45, 7) is 0. The van der Waals surface area contributed by atoms with E-state index in [-0.39, 0.29) is 55.2 Å². The highest BCUT2D eigenvalue weighted by Crippen LogP contribution is 2.21. The van der Waals surface area contributed by atoms with E-state index in [4.69, 9.17) is 0 Å². The van der Waals surface area contributed by atoms with Crippen LogP contribution in [-0.4, -0.2) is 48.1 Å². The number of likely N-dealkylation sites (tertiary alicyclic amines) is 2. The molecule has 0 bridgehead atoms. The largest absolute Gasteiger partial charge is 1.00 e. The minimum absolute atomic E-state index is 0. The Morgan fingerprint density at radius 3 is 1.26 bits per heavy atom. The standard InChI is InChI=1S/C32H46N4O4.2BrH/c1-33-27(11-7-13-31(33)23-25-15-19-29(20-16-25)35(37)38)9-5-3-4-6-10-28-12-8-14-32(34(28)2)24-26-17-21-30(22-18-26)36(39)40;;/h15-22,27-28,31-32H,3-14,23-24H2,1-2H3;2*1H. The lowest BCUT2D eigenvalue weighted by atomic mass is 9.88. The quantitative estimate of drug-likeness (QED) is 0.151. The summed E-state index contributed by atoms with van der Waals surface area (Å²) in [6.07, 6.45) is 17.5. The summed E-state index contributed by atoms with van der Waals surface area (Å²) in [6, 6.07) is 16.9. The van der Waals surface area contributed by atoms with Crippen molar-refractivity contribution in [3.8, 4) is 0 Å². The summed E-state index contributed by atoms with van der Waals surface area (Å²) >= 11 is 0. The van der Waals surface area contributed by atoms with Gasteiger partial charge in [0.1, 0.15) is 0 Å². The van der Waals surface area contributed by atoms with Crippen molar-refractivity contribution in [3.63, 3.8) is 0 Å². The van der Waals surface area contributed by atoms with Gasteiger partial charge in [-0.05, 0) is 75.3 Å². The first-order valence-electron chi connectivity index (χ1n) is 15.4. The van der Waals surface area contributed by atoms with Crippen molar-refractivity contribution in [1.82, 2.24) is 0 Å². The molecule has 2 aliphatic rings. The van der Waals surface area contributed by atoms with Gasteiger partial charge in [-0.2, -0.15) is 0 Å². The van der Waals surface area contributed by atoms with Crippen molar-refractivity contribution in [2.45, 2.75) is 114 Å². The number of quaternary nitrogens is 2. The van der Waals surface area contributed by atoms with Gasteiger partial charge in [-0.1, -0.05) is 37.1 Å². The number of benzene rings is 2. The highest BCUT2D eigenvalue weighted by atomic mass is 79.9. The molecular weight excluding hydrogens is 664 g/mol. The van der Waals surface area contributed by atoms with Crippen LogP contribution in [0.4, 0.5) is 11.4 Å². The molecule has 0 aromatic heterocycles. The van der Waals surface area contributed by atoms with Crippen LogP contribution in [0.2, 0.25) is 0 Å². The van der Waals surface area contributed by atoms with Crippen LogP contribution in [0.1, 0.15) is 88.2 Å². The zero-order chi connectivity index (χ0) is 28.5. The predicted molar refractivity (Wildman–Crippen MR) is 158 cm³/mol. The molecule has 2 aromatic rings. The maximum atomic E-state index is 10.9. The minimum atomic E-state index is -0.326. The number of nitrogens with one attached hydrogen (secondary N) is 2. The molecule has 0 radical (unpaired) electrons. The lowest BCUT2D eigenvalue weighted by Gasteiger charge is -2.37. The van der Waals surface area contributed by atoms with Crippen molar-refractivity contribution in [3.05, 3.63) is 79.9 Å². The van der Waals surface area contributed by atoms with Crippen LogP contribution < -0.4 is 43.8 Å². The molecule has 0 aliphatic carbocycles. The number of nitro benzene ring substituents is 2. The molecule has 2 fully saturated rings. The van der Waals surface area contributed by atoms with Crippen molar-refractivity contribution >= 4 is 11.4 Å². The summed E-state index contributed by atoms with van der Waals surface area (Å²) in [7, 11) is 4.71. The van der Waals surface area contributed by atoms with Crippen molar-refractivity contribution in [2.75, 3.05) is 14.1 Å². The first-order valence-corrected chi connectivity index (χ1v) is 15.4. The summed E-state index contributed by atoms with van der Waals surface area (Å²) in [5.41, 5.74) is 2.76. The van der Waals surface area contributed by atoms with Crippen LogP contribution in [0.25, 0.3) is 0 Å². The lowest BCUT2D eigenvalue weighted by Crippen LogP contribution is -3.17. The second kappa shape index (κ2) is 18.0. The van der Waals surface area contributed by atoms with Gasteiger partial charge in [0, 0.05) is 37.1 Å². The fourth-order valence-corrected chi connectivity index (χ4v) is 7.28. The minimum Gasteiger partial charge on any atom is -1.00 e. The monoisotopic (exact) mass is 710 g/mol. The van der Waals surface area contributed by atoms with E-state index in [1.54, 1.807) is 34.1 Å². The Bertz CT molecular complexity index is 1020. The zero-order valence-corrected chi connectivity index (χ0v) is 28.3. The first-order chi connectivity index (χ1) is 19.3. The summed E-state index contributed by atoms with van der Waals surface area (Å²) in [5.74, 6) is 0. The van der Waals surface area contributed by atoms with E-state index in [1.807, 2.05) is 24.3 Å². The van der Waals surface area contributed by atoms with Gasteiger partial charge in [-0.25, -0.2) is 0 Å². The molecule has 0 spiro atoms. The van der Waals surface area contributed by atoms with E-state index in [9.17, 15) is 20.2 Å². The Labute approximate surface area is 272 Å². The second-order valence-electron chi connectivity index (χ2n) is 12.4. The Kier molecular flexibility index (Phi) is 15.6. The maximum Gasteiger partial charge on any atom is 0.269 e. The van der Waals surface area contributed by atoms with E-state index in [0.29, 0.717) is 12.1 Å². The summed E-state index contributed by atoms with van der Waals surface area (Å²) in [5, 5.41) is 21.9. The van der Waals surface area contributed by atoms with Crippen molar-refractivity contribution in [1.29, 1.82) is 0 Å². The third-order valence-corrected chi connectivity index (χ3v) is 9.90. The normalized spacial score (nSPS) is 25.6. The molecular formula is C32H48Br2N4O4. The third-order valence-electron chi connectivity index (χ3n) is 9.90. The Hall–Kier alpha value is -1.88. The summed E-state index contributed by atoms with van der Waals surface area (Å²) < 4.78 is 0. The lowest BCUT2D eigenvalue weighted by molar-refractivity contribution is -0.937. The number of hydrogen-bond acceptors (Lipinski definition) is 4. The molecule has 2 saturated heterocycles. The van der Waals surface area contributed by atoms with E-state index >= 15 is 0 Å². The SMILES string of the molecule is C[NH+]1C(CCCCCCC2CCCC(Cc3ccc([N+](=O)[O-])cc3)[NH+]2C)CCCC1Cc1ccc([N+](=O)[O-])cc1.[Br-].[Br-]. The van der Waals surface area contributed by atoms with E-state index in [0.717, 1.165) is 24.9 Å². The van der Waals surface area contributed by atoms with Gasteiger partial charge in [0.2, 0.25) is 0 Å². The van der Waals surface area contributed by atoms with Gasteiger partial charge >= 0.3 is 0 Å². The number of halogens is 2. The molecule has 0 amide bonds. The molecule has 2 heterocycles. The van der Waals surface area contributed by atoms with E-state index < -0.39 is 0 Å². The average Bonchev–Trinajstić information content (AvgIpc) is 2.95. The number of non-ortho nitro benzene ring substituents is 2. The van der Waals surface area contributed by atoms with Gasteiger partial charge in [-0.3, -0.25) is 20.2 Å². The summed E-state index contributed by atoms with van der Waals surface area (Å²) in [4.78, 5) is 24.5. The number of nitrogens with zero attached hydrogens (tertiary/aromatic N) is 2. The van der Waals surface area contributed by atoms with E-state index in [1.165, 1.54) is 88.2 Å². The zero-order valence-electron chi connectivity index (χ0n) is 25.1. The molecule has 6 unspecified atom stereocenters. The number of likely N-dealkylation sites (N-methyl/N-ethyl adjacent to an activating group) is 2. The smallest absolute Gasteiger partial charge is 0.269 e. The Morgan fingerprint density at radius 1 is 0.595 bits per heavy atom. The fourth-order valence-electron chi connectivity index (χ4n) is 7.28. The maximum absolute atomic E-state index is 10.9. The third kappa shape index (κ3) is 10.4. The van der Waals surface area contributed by atoms with Crippen LogP contribution in [0.15, 0.2) is 48.5 Å². The van der Waals surface area contributed by atoms with Gasteiger partial charge in [0.05, 0.1) is 48.1 Å². The first kappa shape index (κ1) is 36.3. The molecule has 4 rings (SSSR count). The molecule has 2 N–H and O–H groups in total. The topological polar surface area (TPSA) is 95.2 Å². The number of piperidine rings is 2. The molecule has 10 heteroatoms. The molecule has 2 aromatic carbocycles. The van der Waals surface area contributed by atoms with Gasteiger partial charge < -0.3 is 43.8 Å². The molecule has 42 heavy (non-hydrogen) atoms. The van der Waals surface area contributed by atoms with Gasteiger partial charge in [0.25, 0.3) is 11.4 Å². The highest BCUT2D eigenvalue weighted by molar-refractivity contribution is 5.33. The molecule has 234 valence electrons. The van der Waals surface area contributed by atoms with Crippen molar-refractivity contribution in [2.24, 2.45) is 0 Å². The van der Waals surface area contributed by atoms with E-state index in [2.05, 4.69) is 14.1 Å². The number of unbranched alkanes of at least 4 members (excludes halogenated alkanes) is 3. The molecule has 8 nitrogen and oxygen atoms in total. The second-order valence-corrected chi connectivity index (χ2v) is 12.4. The average molecular weight is 713 g/mol. The van der Waals surface area contributed by atoms with Crippen LogP contribution in [0.3, 0.4) is 0 Å². The Balaban J connectivity index is 0.00000308. The highest BCUT2D eigenvalue weighted by Gasteiger charge is 2.32. The fraction of sp³-hybridized carbons (Fsp3) is 0.625. The van der Waals surface area contributed by atoms with Crippen LogP contribution in [-0.2, 0) is 12.8 Å². The molecule has 0 saturated carbocycles. The van der Waals surface area contributed by atoms with Crippen LogP contribution in [0, 0.1) is 20.2 Å². The van der Waals surface area contributed by atoms with Gasteiger partial charge in [-0.15, -0.1) is 0 Å². The van der Waals surface area contributed by atoms with Crippen LogP contribution >= 0.6 is 0 Å². The van der Waals surface area contributed by atoms with Crippen LogP contribution in [0.5, 0.6) is 0 Å². The molecule has 2 aliphatic heterocycles. The number of hydrogen-bond donors (Lipinski definition) is 2. The number of nitro groups is 2. The molecule has 6 atom stereocenters. The predicted octanol–water partition coefficient (Wildman–Crippen LogP) is -1.49. The van der Waals surface area contributed by atoms with Gasteiger partial charge in [0.15, 0.2) is 0 Å². The van der Waals surface area contributed by atoms with Crippen molar-refractivity contribution < 1.29 is 53.6 Å². The number of rotatable bonds is 13. The Morgan fingerprint density at radius 2 is 0.929 bits per heavy atom.